The molecule has 0 spiro atoms. The standard InChI is InChI=1S/C17H23NO.ClH/c1-18-9-8-17-7-3-2-4-14(17)16(18)10-12-5-6-13(19)11-15(12)17;/h5-6,11,14,16,19H,2-4,7-10H2,1H3;1H/t14-,16-,17-;/m1./s1. The molecule has 1 saturated carbocycles. The van der Waals surface area contributed by atoms with Crippen LogP contribution >= 0.6 is 12.4 Å². The van der Waals surface area contributed by atoms with Crippen LogP contribution in [0.5, 0.6) is 5.75 Å². The van der Waals surface area contributed by atoms with E-state index in [9.17, 15) is 5.11 Å². The molecule has 2 aliphatic carbocycles. The summed E-state index contributed by atoms with van der Waals surface area (Å²) < 4.78 is 0. The van der Waals surface area contributed by atoms with Gasteiger partial charge in [0.2, 0.25) is 0 Å². The second-order valence-corrected chi connectivity index (χ2v) is 6.85. The first-order chi connectivity index (χ1) is 9.21. The van der Waals surface area contributed by atoms with Crippen molar-refractivity contribution in [3.05, 3.63) is 29.3 Å². The van der Waals surface area contributed by atoms with Crippen molar-refractivity contribution in [2.75, 3.05) is 13.6 Å². The van der Waals surface area contributed by atoms with E-state index in [0.717, 1.165) is 12.0 Å². The van der Waals surface area contributed by atoms with Gasteiger partial charge in [0.1, 0.15) is 5.75 Å². The van der Waals surface area contributed by atoms with Crippen molar-refractivity contribution in [3.63, 3.8) is 0 Å². The molecule has 3 atom stereocenters. The highest BCUT2D eigenvalue weighted by Crippen LogP contribution is 2.55. The van der Waals surface area contributed by atoms with Gasteiger partial charge in [-0.15, -0.1) is 12.4 Å². The number of phenolic OH excluding ortho intramolecular Hbond substituents is 1. The van der Waals surface area contributed by atoms with Gasteiger partial charge in [0, 0.05) is 11.5 Å². The monoisotopic (exact) mass is 293 g/mol. The molecule has 110 valence electrons. The average molecular weight is 294 g/mol. The number of rotatable bonds is 0. The van der Waals surface area contributed by atoms with Crippen molar-refractivity contribution in [1.82, 2.24) is 4.90 Å². The maximum Gasteiger partial charge on any atom is 0.115 e. The predicted octanol–water partition coefficient (Wildman–Crippen LogP) is 3.50. The van der Waals surface area contributed by atoms with E-state index in [0.29, 0.717) is 11.2 Å². The molecule has 2 nitrogen and oxygen atoms in total. The van der Waals surface area contributed by atoms with Gasteiger partial charge in [-0.1, -0.05) is 18.9 Å². The summed E-state index contributed by atoms with van der Waals surface area (Å²) in [6.07, 6.45) is 7.93. The van der Waals surface area contributed by atoms with Crippen LogP contribution in [0, 0.1) is 5.92 Å². The fourth-order valence-corrected chi connectivity index (χ4v) is 5.18. The van der Waals surface area contributed by atoms with Gasteiger partial charge in [-0.25, -0.2) is 0 Å². The lowest BCUT2D eigenvalue weighted by Crippen LogP contribution is -2.59. The highest BCUT2D eigenvalue weighted by molar-refractivity contribution is 5.85. The number of fused-ring (bicyclic) bond motifs is 1. The summed E-state index contributed by atoms with van der Waals surface area (Å²) in [5.41, 5.74) is 3.36. The minimum atomic E-state index is 0. The summed E-state index contributed by atoms with van der Waals surface area (Å²) in [6, 6.07) is 6.85. The summed E-state index contributed by atoms with van der Waals surface area (Å²) in [4.78, 5) is 2.59. The lowest BCUT2D eigenvalue weighted by atomic mass is 9.52. The maximum atomic E-state index is 9.91. The summed E-state index contributed by atoms with van der Waals surface area (Å²) in [5.74, 6) is 1.27. The smallest absolute Gasteiger partial charge is 0.115 e. The van der Waals surface area contributed by atoms with Gasteiger partial charge in [-0.05, 0) is 68.5 Å². The zero-order valence-electron chi connectivity index (χ0n) is 12.1. The van der Waals surface area contributed by atoms with Gasteiger partial charge in [0.25, 0.3) is 0 Å². The third-order valence-electron chi connectivity index (χ3n) is 6.10. The Kier molecular flexibility index (Phi) is 3.50. The average Bonchev–Trinajstić information content (AvgIpc) is 2.43. The van der Waals surface area contributed by atoms with Crippen LogP contribution in [-0.4, -0.2) is 29.6 Å². The molecule has 1 aromatic rings. The number of hydrogen-bond acceptors (Lipinski definition) is 2. The van der Waals surface area contributed by atoms with Crippen LogP contribution in [0.2, 0.25) is 0 Å². The molecule has 1 N–H and O–H groups in total. The Morgan fingerprint density at radius 2 is 2.10 bits per heavy atom. The van der Waals surface area contributed by atoms with Crippen LogP contribution in [0.4, 0.5) is 0 Å². The fraction of sp³-hybridized carbons (Fsp3) is 0.647. The lowest BCUT2D eigenvalue weighted by Gasteiger charge is -2.58. The molecule has 1 aromatic carbocycles. The van der Waals surface area contributed by atoms with Crippen molar-refractivity contribution >= 4 is 12.4 Å². The molecule has 0 radical (unpaired) electrons. The van der Waals surface area contributed by atoms with Crippen LogP contribution < -0.4 is 0 Å². The normalized spacial score (nSPS) is 35.6. The third-order valence-corrected chi connectivity index (χ3v) is 6.10. The Hall–Kier alpha value is -0.730. The van der Waals surface area contributed by atoms with E-state index in [1.54, 1.807) is 0 Å². The molecule has 3 aliphatic rings. The van der Waals surface area contributed by atoms with E-state index in [4.69, 9.17) is 0 Å². The summed E-state index contributed by atoms with van der Waals surface area (Å²) in [6.45, 7) is 1.22. The number of halogens is 1. The van der Waals surface area contributed by atoms with Crippen LogP contribution in [0.1, 0.15) is 43.2 Å². The van der Waals surface area contributed by atoms with E-state index >= 15 is 0 Å². The van der Waals surface area contributed by atoms with Gasteiger partial charge in [0.05, 0.1) is 0 Å². The molecule has 4 rings (SSSR count). The predicted molar refractivity (Wildman–Crippen MR) is 83.7 cm³/mol. The fourth-order valence-electron chi connectivity index (χ4n) is 5.18. The van der Waals surface area contributed by atoms with E-state index in [2.05, 4.69) is 24.1 Å². The molecule has 2 bridgehead atoms. The molecular weight excluding hydrogens is 270 g/mol. The number of aromatic hydroxyl groups is 1. The number of nitrogens with zero attached hydrogens (tertiary/aromatic N) is 1. The highest BCUT2D eigenvalue weighted by Gasteiger charge is 2.52. The number of piperidine rings is 1. The van der Waals surface area contributed by atoms with Crippen molar-refractivity contribution in [2.45, 2.75) is 50.0 Å². The topological polar surface area (TPSA) is 23.5 Å². The Morgan fingerprint density at radius 1 is 1.25 bits per heavy atom. The Bertz CT molecular complexity index is 518. The molecule has 20 heavy (non-hydrogen) atoms. The summed E-state index contributed by atoms with van der Waals surface area (Å²) in [7, 11) is 2.30. The minimum absolute atomic E-state index is 0. The first-order valence-corrected chi connectivity index (χ1v) is 7.73. The largest absolute Gasteiger partial charge is 0.508 e. The van der Waals surface area contributed by atoms with E-state index in [1.807, 2.05) is 6.07 Å². The lowest BCUT2D eigenvalue weighted by molar-refractivity contribution is 0.00274. The van der Waals surface area contributed by atoms with E-state index < -0.39 is 0 Å². The number of likely N-dealkylation sites (N-methyl/N-ethyl adjacent to an activating group) is 1. The van der Waals surface area contributed by atoms with Gasteiger partial charge < -0.3 is 10.0 Å². The molecule has 0 amide bonds. The summed E-state index contributed by atoms with van der Waals surface area (Å²) >= 11 is 0. The second-order valence-electron chi connectivity index (χ2n) is 6.85. The van der Waals surface area contributed by atoms with Gasteiger partial charge in [0.15, 0.2) is 0 Å². The number of likely N-dealkylation sites (tertiary alicyclic amines) is 1. The maximum absolute atomic E-state index is 9.91. The molecule has 0 unspecified atom stereocenters. The molecular formula is C17H24ClNO. The second kappa shape index (κ2) is 4.92. The molecule has 3 heteroatoms. The van der Waals surface area contributed by atoms with Crippen LogP contribution in [0.15, 0.2) is 18.2 Å². The van der Waals surface area contributed by atoms with Crippen molar-refractivity contribution < 1.29 is 5.11 Å². The molecule has 2 fully saturated rings. The van der Waals surface area contributed by atoms with Crippen LogP contribution in [0.3, 0.4) is 0 Å². The van der Waals surface area contributed by atoms with Gasteiger partial charge in [-0.3, -0.25) is 0 Å². The van der Waals surface area contributed by atoms with Crippen molar-refractivity contribution in [3.8, 4) is 5.75 Å². The molecule has 1 saturated heterocycles. The summed E-state index contributed by atoms with van der Waals surface area (Å²) in [5, 5.41) is 9.91. The van der Waals surface area contributed by atoms with Gasteiger partial charge >= 0.3 is 0 Å². The number of phenols is 1. The Morgan fingerprint density at radius 3 is 2.95 bits per heavy atom. The Balaban J connectivity index is 0.00000121. The molecule has 0 aromatic heterocycles. The number of benzene rings is 1. The Labute approximate surface area is 127 Å². The zero-order valence-corrected chi connectivity index (χ0v) is 13.0. The quantitative estimate of drug-likeness (QED) is 0.791. The van der Waals surface area contributed by atoms with E-state index in [-0.39, 0.29) is 12.4 Å². The number of hydrogen-bond donors (Lipinski definition) is 1. The SMILES string of the molecule is CN1CC[C@]23CCCC[C@@H]2[C@H]1Cc1ccc(O)cc13.Cl. The van der Waals surface area contributed by atoms with Crippen molar-refractivity contribution in [1.29, 1.82) is 0 Å². The zero-order chi connectivity index (χ0) is 13.0. The van der Waals surface area contributed by atoms with E-state index in [1.165, 1.54) is 56.2 Å². The first kappa shape index (κ1) is 14.2. The van der Waals surface area contributed by atoms with Crippen LogP contribution in [-0.2, 0) is 11.8 Å². The molecule has 1 heterocycles. The minimum Gasteiger partial charge on any atom is -0.508 e. The first-order valence-electron chi connectivity index (χ1n) is 7.73. The van der Waals surface area contributed by atoms with Crippen molar-refractivity contribution in [2.24, 2.45) is 5.92 Å². The molecule has 1 aliphatic heterocycles. The van der Waals surface area contributed by atoms with Crippen LogP contribution in [0.25, 0.3) is 0 Å². The van der Waals surface area contributed by atoms with Gasteiger partial charge in [-0.2, -0.15) is 0 Å². The highest BCUT2D eigenvalue weighted by atomic mass is 35.5. The third kappa shape index (κ3) is 1.81.